The fourth-order valence-electron chi connectivity index (χ4n) is 1.82. The first-order valence-corrected chi connectivity index (χ1v) is 5.89. The second-order valence-corrected chi connectivity index (χ2v) is 4.38. The van der Waals surface area contributed by atoms with Gasteiger partial charge in [0.05, 0.1) is 14.2 Å². The molecule has 0 aromatic heterocycles. The van der Waals surface area contributed by atoms with Crippen LogP contribution in [0.25, 0.3) is 0 Å². The van der Waals surface area contributed by atoms with Gasteiger partial charge in [-0.25, -0.2) is 0 Å². The second-order valence-electron chi connectivity index (χ2n) is 4.38. The quantitative estimate of drug-likeness (QED) is 0.591. The van der Waals surface area contributed by atoms with Crippen molar-refractivity contribution in [2.45, 2.75) is 27.2 Å². The number of carbonyl (C=O) groups is 1. The number of Topliss-reactive ketones (excluding diaryl/α,β-unsaturated/α-hetero) is 1. The van der Waals surface area contributed by atoms with Crippen LogP contribution < -0.4 is 9.47 Å². The van der Waals surface area contributed by atoms with Crippen LogP contribution in [0.5, 0.6) is 11.5 Å². The highest BCUT2D eigenvalue weighted by molar-refractivity contribution is 6.00. The lowest BCUT2D eigenvalue weighted by atomic mass is 10.0. The molecule has 0 radical (unpaired) electrons. The third-order valence-corrected chi connectivity index (χ3v) is 2.71. The average Bonchev–Trinajstić information content (AvgIpc) is 2.34. The lowest BCUT2D eigenvalue weighted by molar-refractivity contribution is 0.101. The van der Waals surface area contributed by atoms with Gasteiger partial charge in [0.25, 0.3) is 0 Å². The molecule has 0 amide bonds. The molecule has 0 N–H and O–H groups in total. The molecule has 3 heteroatoms. The van der Waals surface area contributed by atoms with Gasteiger partial charge in [-0.2, -0.15) is 0 Å². The fourth-order valence-corrected chi connectivity index (χ4v) is 1.82. The summed E-state index contributed by atoms with van der Waals surface area (Å²) in [4.78, 5) is 11.7. The molecule has 0 atom stereocenters. The van der Waals surface area contributed by atoms with Gasteiger partial charge in [-0.05, 0) is 38.8 Å². The molecule has 0 aliphatic rings. The highest BCUT2D eigenvalue weighted by Gasteiger charge is 2.17. The summed E-state index contributed by atoms with van der Waals surface area (Å²) in [7, 11) is 3.13. The minimum Gasteiger partial charge on any atom is -0.496 e. The molecular weight excluding hydrogens is 228 g/mol. The Kier molecular flexibility index (Phi) is 4.95. The maximum absolute atomic E-state index is 11.7. The van der Waals surface area contributed by atoms with Crippen LogP contribution in [-0.4, -0.2) is 20.0 Å². The number of hydrogen-bond donors (Lipinski definition) is 0. The minimum atomic E-state index is -0.0530. The van der Waals surface area contributed by atoms with Crippen molar-refractivity contribution in [1.29, 1.82) is 0 Å². The van der Waals surface area contributed by atoms with Crippen LogP contribution in [0.4, 0.5) is 0 Å². The van der Waals surface area contributed by atoms with Crippen LogP contribution in [-0.2, 0) is 6.42 Å². The molecule has 0 unspecified atom stereocenters. The Bertz CT molecular complexity index is 469. The van der Waals surface area contributed by atoms with Crippen molar-refractivity contribution in [3.8, 4) is 11.5 Å². The SMILES string of the molecule is COc1ccc(CC=C(C)C)c(OC)c1C(C)=O. The van der Waals surface area contributed by atoms with Gasteiger partial charge in [-0.1, -0.05) is 17.7 Å². The van der Waals surface area contributed by atoms with E-state index in [-0.39, 0.29) is 5.78 Å². The zero-order chi connectivity index (χ0) is 13.7. The largest absolute Gasteiger partial charge is 0.496 e. The van der Waals surface area contributed by atoms with E-state index in [4.69, 9.17) is 9.47 Å². The van der Waals surface area contributed by atoms with Gasteiger partial charge < -0.3 is 9.47 Å². The summed E-state index contributed by atoms with van der Waals surface area (Å²) in [5.74, 6) is 1.11. The summed E-state index contributed by atoms with van der Waals surface area (Å²) in [6, 6.07) is 3.75. The maximum atomic E-state index is 11.7. The summed E-state index contributed by atoms with van der Waals surface area (Å²) in [5.41, 5.74) is 2.74. The molecule has 0 aliphatic heterocycles. The molecule has 0 spiro atoms. The van der Waals surface area contributed by atoms with E-state index in [1.807, 2.05) is 26.0 Å². The van der Waals surface area contributed by atoms with Crippen molar-refractivity contribution in [2.75, 3.05) is 14.2 Å². The first kappa shape index (κ1) is 14.3. The molecule has 0 heterocycles. The van der Waals surface area contributed by atoms with Crippen molar-refractivity contribution in [3.05, 3.63) is 34.9 Å². The van der Waals surface area contributed by atoms with Crippen LogP contribution in [0, 0.1) is 0 Å². The van der Waals surface area contributed by atoms with Gasteiger partial charge >= 0.3 is 0 Å². The van der Waals surface area contributed by atoms with Gasteiger partial charge in [0.2, 0.25) is 0 Å². The Morgan fingerprint density at radius 2 is 1.83 bits per heavy atom. The first-order valence-electron chi connectivity index (χ1n) is 5.89. The van der Waals surface area contributed by atoms with Crippen LogP contribution >= 0.6 is 0 Å². The highest BCUT2D eigenvalue weighted by atomic mass is 16.5. The molecule has 98 valence electrons. The summed E-state index contributed by atoms with van der Waals surface area (Å²) >= 11 is 0. The number of rotatable bonds is 5. The maximum Gasteiger partial charge on any atom is 0.167 e. The summed E-state index contributed by atoms with van der Waals surface area (Å²) in [5, 5.41) is 0. The monoisotopic (exact) mass is 248 g/mol. The third kappa shape index (κ3) is 3.13. The van der Waals surface area contributed by atoms with Crippen LogP contribution in [0.2, 0.25) is 0 Å². The first-order chi connectivity index (χ1) is 8.51. The number of benzene rings is 1. The van der Waals surface area contributed by atoms with Crippen molar-refractivity contribution in [1.82, 2.24) is 0 Å². The number of ether oxygens (including phenoxy) is 2. The van der Waals surface area contributed by atoms with Crippen molar-refractivity contribution in [2.24, 2.45) is 0 Å². The van der Waals surface area contributed by atoms with Crippen molar-refractivity contribution < 1.29 is 14.3 Å². The third-order valence-electron chi connectivity index (χ3n) is 2.71. The van der Waals surface area contributed by atoms with E-state index >= 15 is 0 Å². The van der Waals surface area contributed by atoms with Crippen LogP contribution in [0.1, 0.15) is 36.7 Å². The molecule has 0 saturated carbocycles. The normalized spacial score (nSPS) is 9.83. The number of methoxy groups -OCH3 is 2. The predicted molar refractivity (Wildman–Crippen MR) is 72.7 cm³/mol. The molecule has 1 aromatic carbocycles. The van der Waals surface area contributed by atoms with E-state index < -0.39 is 0 Å². The number of carbonyl (C=O) groups excluding carboxylic acids is 1. The zero-order valence-corrected chi connectivity index (χ0v) is 11.7. The van der Waals surface area contributed by atoms with Gasteiger partial charge in [0.15, 0.2) is 5.78 Å². The van der Waals surface area contributed by atoms with Gasteiger partial charge in [-0.3, -0.25) is 4.79 Å². The van der Waals surface area contributed by atoms with Gasteiger partial charge in [-0.15, -0.1) is 0 Å². The van der Waals surface area contributed by atoms with E-state index in [9.17, 15) is 4.79 Å². The molecule has 1 rings (SSSR count). The molecule has 1 aromatic rings. The lowest BCUT2D eigenvalue weighted by Gasteiger charge is -2.14. The molecule has 0 aliphatic carbocycles. The number of ketones is 1. The summed E-state index contributed by atoms with van der Waals surface area (Å²) in [6.07, 6.45) is 2.85. The molecule has 0 fully saturated rings. The smallest absolute Gasteiger partial charge is 0.167 e. The topological polar surface area (TPSA) is 35.5 Å². The molecular formula is C15H20O3. The average molecular weight is 248 g/mol. The Morgan fingerprint density at radius 1 is 1.17 bits per heavy atom. The van der Waals surface area contributed by atoms with E-state index in [1.165, 1.54) is 12.5 Å². The lowest BCUT2D eigenvalue weighted by Crippen LogP contribution is -2.04. The van der Waals surface area contributed by atoms with E-state index in [1.54, 1.807) is 14.2 Å². The standard InChI is InChI=1S/C15H20O3/c1-10(2)6-7-12-8-9-13(17-4)14(11(3)16)15(12)18-5/h6,8-9H,7H2,1-5H3. The molecule has 0 saturated heterocycles. The predicted octanol–water partition coefficient (Wildman–Crippen LogP) is 3.42. The molecule has 3 nitrogen and oxygen atoms in total. The zero-order valence-electron chi connectivity index (χ0n) is 11.7. The highest BCUT2D eigenvalue weighted by Crippen LogP contribution is 2.33. The summed E-state index contributed by atoms with van der Waals surface area (Å²) < 4.78 is 10.6. The number of allylic oxidation sites excluding steroid dienone is 2. The van der Waals surface area contributed by atoms with E-state index in [2.05, 4.69) is 6.08 Å². The number of hydrogen-bond acceptors (Lipinski definition) is 3. The second kappa shape index (κ2) is 6.24. The van der Waals surface area contributed by atoms with Gasteiger partial charge in [0, 0.05) is 0 Å². The Hall–Kier alpha value is -1.77. The Balaban J connectivity index is 3.33. The van der Waals surface area contributed by atoms with Crippen molar-refractivity contribution in [3.63, 3.8) is 0 Å². The molecule has 0 bridgehead atoms. The molecule has 18 heavy (non-hydrogen) atoms. The van der Waals surface area contributed by atoms with E-state index in [0.29, 0.717) is 17.1 Å². The van der Waals surface area contributed by atoms with Crippen molar-refractivity contribution >= 4 is 5.78 Å². The van der Waals surface area contributed by atoms with Crippen LogP contribution in [0.3, 0.4) is 0 Å². The Morgan fingerprint density at radius 3 is 2.28 bits per heavy atom. The van der Waals surface area contributed by atoms with E-state index in [0.717, 1.165) is 12.0 Å². The van der Waals surface area contributed by atoms with Crippen LogP contribution in [0.15, 0.2) is 23.8 Å². The Labute approximate surface area is 108 Å². The van der Waals surface area contributed by atoms with Gasteiger partial charge in [0.1, 0.15) is 17.1 Å². The summed E-state index contributed by atoms with van der Waals surface area (Å²) in [6.45, 7) is 5.61. The fraction of sp³-hybridized carbons (Fsp3) is 0.400. The minimum absolute atomic E-state index is 0.0530.